The normalized spacial score (nSPS) is 11.8. The first-order chi connectivity index (χ1) is 7.17. The molecule has 0 aromatic carbocycles. The standard InChI is InChI=1S/C10H14N4O/c1-7(6-15)5-13-10-3-2-8(12)9(4-11)14-10/h2-3,7,15H,5-6,12H2,1H3,(H,13,14). The highest BCUT2D eigenvalue weighted by Gasteiger charge is 2.03. The van der Waals surface area contributed by atoms with Gasteiger partial charge in [0.2, 0.25) is 0 Å². The number of anilines is 2. The molecule has 1 rings (SSSR count). The van der Waals surface area contributed by atoms with Gasteiger partial charge >= 0.3 is 0 Å². The average molecular weight is 206 g/mol. The third-order valence-electron chi connectivity index (χ3n) is 1.98. The van der Waals surface area contributed by atoms with Crippen LogP contribution in [0.25, 0.3) is 0 Å². The van der Waals surface area contributed by atoms with Gasteiger partial charge in [-0.2, -0.15) is 5.26 Å². The molecule has 0 radical (unpaired) electrons. The Morgan fingerprint density at radius 1 is 1.67 bits per heavy atom. The van der Waals surface area contributed by atoms with Crippen molar-refractivity contribution in [3.63, 3.8) is 0 Å². The fraction of sp³-hybridized carbons (Fsp3) is 0.400. The summed E-state index contributed by atoms with van der Waals surface area (Å²) >= 11 is 0. The van der Waals surface area contributed by atoms with Crippen LogP contribution in [-0.4, -0.2) is 23.2 Å². The molecule has 0 saturated heterocycles. The number of nitrogens with two attached hydrogens (primary N) is 1. The third-order valence-corrected chi connectivity index (χ3v) is 1.98. The number of hydrogen-bond donors (Lipinski definition) is 3. The van der Waals surface area contributed by atoms with Crippen molar-refractivity contribution >= 4 is 11.5 Å². The fourth-order valence-electron chi connectivity index (χ4n) is 1.00. The van der Waals surface area contributed by atoms with Crippen molar-refractivity contribution in [1.29, 1.82) is 5.26 Å². The molecule has 1 aromatic rings. The summed E-state index contributed by atoms with van der Waals surface area (Å²) in [6, 6.07) is 5.26. The number of nitriles is 1. The van der Waals surface area contributed by atoms with Gasteiger partial charge in [-0.3, -0.25) is 0 Å². The van der Waals surface area contributed by atoms with Crippen molar-refractivity contribution in [1.82, 2.24) is 4.98 Å². The minimum absolute atomic E-state index is 0.118. The molecule has 5 nitrogen and oxygen atoms in total. The van der Waals surface area contributed by atoms with E-state index in [9.17, 15) is 0 Å². The van der Waals surface area contributed by atoms with Crippen LogP contribution >= 0.6 is 0 Å². The van der Waals surface area contributed by atoms with Crippen LogP contribution in [0.1, 0.15) is 12.6 Å². The van der Waals surface area contributed by atoms with Crippen LogP contribution in [0.4, 0.5) is 11.5 Å². The van der Waals surface area contributed by atoms with E-state index in [4.69, 9.17) is 16.1 Å². The van der Waals surface area contributed by atoms with Gasteiger partial charge < -0.3 is 16.2 Å². The number of nitrogens with one attached hydrogen (secondary N) is 1. The molecule has 0 spiro atoms. The smallest absolute Gasteiger partial charge is 0.165 e. The third kappa shape index (κ3) is 3.11. The SMILES string of the molecule is CC(CO)CNc1ccc(N)c(C#N)n1. The number of aliphatic hydroxyl groups is 1. The van der Waals surface area contributed by atoms with Crippen molar-refractivity contribution in [3.05, 3.63) is 17.8 Å². The van der Waals surface area contributed by atoms with E-state index in [0.29, 0.717) is 18.1 Å². The van der Waals surface area contributed by atoms with Gasteiger partial charge in [0.25, 0.3) is 0 Å². The summed E-state index contributed by atoms with van der Waals surface area (Å²) in [6.45, 7) is 2.64. The number of hydrogen-bond acceptors (Lipinski definition) is 5. The fourth-order valence-corrected chi connectivity index (χ4v) is 1.00. The highest BCUT2D eigenvalue weighted by Crippen LogP contribution is 2.12. The van der Waals surface area contributed by atoms with Crippen LogP contribution < -0.4 is 11.1 Å². The molecular formula is C10H14N4O. The molecule has 1 aromatic heterocycles. The molecule has 0 amide bonds. The molecule has 0 aliphatic rings. The molecule has 80 valence electrons. The summed E-state index contributed by atoms with van der Waals surface area (Å²) in [6.07, 6.45) is 0. The lowest BCUT2D eigenvalue weighted by molar-refractivity contribution is 0.244. The topological polar surface area (TPSA) is 95.0 Å². The summed E-state index contributed by atoms with van der Waals surface area (Å²) in [5, 5.41) is 20.6. The number of nitrogens with zero attached hydrogens (tertiary/aromatic N) is 2. The maximum absolute atomic E-state index is 8.82. The van der Waals surface area contributed by atoms with Crippen LogP contribution in [0, 0.1) is 17.2 Å². The highest BCUT2D eigenvalue weighted by atomic mass is 16.3. The second-order valence-corrected chi connectivity index (χ2v) is 3.41. The second-order valence-electron chi connectivity index (χ2n) is 3.41. The molecular weight excluding hydrogens is 192 g/mol. The summed E-state index contributed by atoms with van der Waals surface area (Å²) in [5.74, 6) is 0.746. The predicted octanol–water partition coefficient (Wildman–Crippen LogP) is 0.576. The molecule has 1 heterocycles. The Morgan fingerprint density at radius 2 is 2.40 bits per heavy atom. The Labute approximate surface area is 88.6 Å². The van der Waals surface area contributed by atoms with E-state index in [1.165, 1.54) is 0 Å². The summed E-state index contributed by atoms with van der Waals surface area (Å²) < 4.78 is 0. The molecule has 4 N–H and O–H groups in total. The van der Waals surface area contributed by atoms with Crippen molar-refractivity contribution in [2.24, 2.45) is 5.92 Å². The molecule has 1 atom stereocenters. The number of aromatic nitrogens is 1. The zero-order chi connectivity index (χ0) is 11.3. The molecule has 15 heavy (non-hydrogen) atoms. The van der Waals surface area contributed by atoms with Crippen molar-refractivity contribution in [3.8, 4) is 6.07 Å². The Kier molecular flexibility index (Phi) is 3.89. The number of aliphatic hydroxyl groups excluding tert-OH is 1. The zero-order valence-electron chi connectivity index (χ0n) is 8.57. The van der Waals surface area contributed by atoms with E-state index in [-0.39, 0.29) is 18.2 Å². The molecule has 0 fully saturated rings. The van der Waals surface area contributed by atoms with Gasteiger partial charge in [0.1, 0.15) is 11.9 Å². The van der Waals surface area contributed by atoms with Crippen molar-refractivity contribution < 1.29 is 5.11 Å². The van der Waals surface area contributed by atoms with Gasteiger partial charge in [-0.1, -0.05) is 6.92 Å². The monoisotopic (exact) mass is 206 g/mol. The Bertz CT molecular complexity index is 372. The molecule has 0 aliphatic heterocycles. The number of rotatable bonds is 4. The van der Waals surface area contributed by atoms with Gasteiger partial charge in [0.15, 0.2) is 5.69 Å². The summed E-state index contributed by atoms with van der Waals surface area (Å²) in [5.41, 5.74) is 6.12. The van der Waals surface area contributed by atoms with E-state index >= 15 is 0 Å². The zero-order valence-corrected chi connectivity index (χ0v) is 8.57. The maximum Gasteiger partial charge on any atom is 0.165 e. The summed E-state index contributed by atoms with van der Waals surface area (Å²) in [4.78, 5) is 4.02. The Hall–Kier alpha value is -1.80. The first kappa shape index (κ1) is 11.3. The number of nitrogen functional groups attached to an aromatic ring is 1. The van der Waals surface area contributed by atoms with Crippen molar-refractivity contribution in [2.45, 2.75) is 6.92 Å². The first-order valence-electron chi connectivity index (χ1n) is 4.68. The molecule has 1 unspecified atom stereocenters. The maximum atomic E-state index is 8.82. The van der Waals surface area contributed by atoms with Gasteiger partial charge in [-0.25, -0.2) is 4.98 Å². The molecule has 0 saturated carbocycles. The van der Waals surface area contributed by atoms with E-state index in [2.05, 4.69) is 10.3 Å². The van der Waals surface area contributed by atoms with Gasteiger partial charge in [0, 0.05) is 13.2 Å². The first-order valence-corrected chi connectivity index (χ1v) is 4.68. The average Bonchev–Trinajstić information content (AvgIpc) is 2.27. The van der Waals surface area contributed by atoms with Crippen LogP contribution in [0.15, 0.2) is 12.1 Å². The second kappa shape index (κ2) is 5.17. The van der Waals surface area contributed by atoms with Gasteiger partial charge in [-0.05, 0) is 18.1 Å². The largest absolute Gasteiger partial charge is 0.396 e. The molecule has 0 aliphatic carbocycles. The molecule has 5 heteroatoms. The lowest BCUT2D eigenvalue weighted by atomic mass is 10.2. The van der Waals surface area contributed by atoms with Crippen LogP contribution in [0.2, 0.25) is 0 Å². The van der Waals surface area contributed by atoms with Crippen molar-refractivity contribution in [2.75, 3.05) is 24.2 Å². The minimum atomic E-state index is 0.118. The Morgan fingerprint density at radius 3 is 3.00 bits per heavy atom. The van der Waals surface area contributed by atoms with Crippen LogP contribution in [-0.2, 0) is 0 Å². The Balaban J connectivity index is 2.67. The van der Waals surface area contributed by atoms with E-state index in [1.54, 1.807) is 12.1 Å². The van der Waals surface area contributed by atoms with E-state index in [0.717, 1.165) is 0 Å². The predicted molar refractivity (Wildman–Crippen MR) is 58.1 cm³/mol. The lowest BCUT2D eigenvalue weighted by Crippen LogP contribution is -2.15. The van der Waals surface area contributed by atoms with E-state index in [1.807, 2.05) is 13.0 Å². The van der Waals surface area contributed by atoms with E-state index < -0.39 is 0 Å². The highest BCUT2D eigenvalue weighted by molar-refractivity contribution is 5.54. The quantitative estimate of drug-likeness (QED) is 0.669. The lowest BCUT2D eigenvalue weighted by Gasteiger charge is -2.10. The van der Waals surface area contributed by atoms with Gasteiger partial charge in [-0.15, -0.1) is 0 Å². The summed E-state index contributed by atoms with van der Waals surface area (Å²) in [7, 11) is 0. The molecule has 0 bridgehead atoms. The minimum Gasteiger partial charge on any atom is -0.396 e. The van der Waals surface area contributed by atoms with Crippen LogP contribution in [0.3, 0.4) is 0 Å². The van der Waals surface area contributed by atoms with Gasteiger partial charge in [0.05, 0.1) is 5.69 Å². The number of pyridine rings is 1. The van der Waals surface area contributed by atoms with Crippen LogP contribution in [0.5, 0.6) is 0 Å².